The minimum Gasteiger partial charge on any atom is -0.383 e. The zero-order chi connectivity index (χ0) is 12.3. The van der Waals surface area contributed by atoms with Gasteiger partial charge in [-0.15, -0.1) is 0 Å². The van der Waals surface area contributed by atoms with Crippen LogP contribution in [0.15, 0.2) is 23.2 Å². The highest BCUT2D eigenvalue weighted by atomic mass is 32.2. The summed E-state index contributed by atoms with van der Waals surface area (Å²) in [6.07, 6.45) is 1.21. The van der Waals surface area contributed by atoms with Crippen LogP contribution in [-0.4, -0.2) is 36.0 Å². The molecule has 16 heavy (non-hydrogen) atoms. The minimum absolute atomic E-state index is 0.00981. The smallest absolute Gasteiger partial charge is 0.248 e. The summed E-state index contributed by atoms with van der Waals surface area (Å²) in [5.74, 6) is 0.0557. The van der Waals surface area contributed by atoms with Crippen molar-refractivity contribution in [2.45, 2.75) is 18.7 Å². The van der Waals surface area contributed by atoms with Crippen LogP contribution < -0.4 is 5.73 Å². The third-order valence-corrected chi connectivity index (χ3v) is 4.00. The Bertz CT molecular complexity index is 477. The number of hydrogen-bond acceptors (Lipinski definition) is 4. The second-order valence-electron chi connectivity index (χ2n) is 3.54. The second-order valence-corrected chi connectivity index (χ2v) is 5.44. The molecule has 0 aliphatic heterocycles. The lowest BCUT2D eigenvalue weighted by atomic mass is 10.3. The number of nitrogens with one attached hydrogen (secondary N) is 1. The van der Waals surface area contributed by atoms with Gasteiger partial charge in [0, 0.05) is 13.1 Å². The van der Waals surface area contributed by atoms with Gasteiger partial charge in [-0.3, -0.25) is 5.10 Å². The van der Waals surface area contributed by atoms with Crippen molar-refractivity contribution in [1.82, 2.24) is 14.5 Å². The average molecular weight is 244 g/mol. The van der Waals surface area contributed by atoms with Crippen molar-refractivity contribution in [3.63, 3.8) is 0 Å². The fourth-order valence-corrected chi connectivity index (χ4v) is 2.82. The van der Waals surface area contributed by atoms with Crippen LogP contribution in [0.5, 0.6) is 0 Å². The Morgan fingerprint density at radius 3 is 2.69 bits per heavy atom. The molecule has 7 heteroatoms. The van der Waals surface area contributed by atoms with Gasteiger partial charge in [0.15, 0.2) is 0 Å². The van der Waals surface area contributed by atoms with E-state index in [1.807, 2.05) is 0 Å². The molecule has 0 unspecified atom stereocenters. The summed E-state index contributed by atoms with van der Waals surface area (Å²) in [4.78, 5) is 0.00981. The fraction of sp³-hybridized carbons (Fsp3) is 0.444. The van der Waals surface area contributed by atoms with E-state index in [-0.39, 0.29) is 17.3 Å². The highest BCUT2D eigenvalue weighted by Gasteiger charge is 2.26. The first-order chi connectivity index (χ1) is 7.39. The van der Waals surface area contributed by atoms with Gasteiger partial charge in [0.25, 0.3) is 0 Å². The third kappa shape index (κ3) is 2.42. The Morgan fingerprint density at radius 2 is 2.31 bits per heavy atom. The van der Waals surface area contributed by atoms with Crippen LogP contribution in [0, 0.1) is 0 Å². The second kappa shape index (κ2) is 4.67. The number of nitrogen functional groups attached to an aromatic ring is 1. The van der Waals surface area contributed by atoms with Gasteiger partial charge in [-0.05, 0) is 6.92 Å². The maximum Gasteiger partial charge on any atom is 0.248 e. The zero-order valence-corrected chi connectivity index (χ0v) is 10.2. The van der Waals surface area contributed by atoms with E-state index in [1.165, 1.54) is 10.5 Å². The number of aromatic amines is 1. The Hall–Kier alpha value is -1.34. The van der Waals surface area contributed by atoms with E-state index < -0.39 is 10.0 Å². The largest absolute Gasteiger partial charge is 0.383 e. The van der Waals surface area contributed by atoms with Crippen molar-refractivity contribution >= 4 is 15.8 Å². The van der Waals surface area contributed by atoms with Gasteiger partial charge < -0.3 is 5.73 Å². The number of anilines is 1. The van der Waals surface area contributed by atoms with Crippen LogP contribution in [-0.2, 0) is 10.0 Å². The van der Waals surface area contributed by atoms with Gasteiger partial charge >= 0.3 is 0 Å². The number of likely N-dealkylation sites (N-methyl/N-ethyl adjacent to an activating group) is 1. The molecule has 0 fully saturated rings. The van der Waals surface area contributed by atoms with E-state index in [0.29, 0.717) is 6.54 Å². The Balaban J connectivity index is 3.09. The monoisotopic (exact) mass is 244 g/mol. The average Bonchev–Trinajstić information content (AvgIpc) is 2.60. The maximum atomic E-state index is 12.1. The van der Waals surface area contributed by atoms with Gasteiger partial charge in [0.2, 0.25) is 10.0 Å². The minimum atomic E-state index is -3.58. The lowest BCUT2D eigenvalue weighted by Gasteiger charge is -2.19. The van der Waals surface area contributed by atoms with Crippen LogP contribution in [0.1, 0.15) is 13.8 Å². The summed E-state index contributed by atoms with van der Waals surface area (Å²) in [6.45, 7) is 7.88. The molecule has 1 aromatic heterocycles. The van der Waals surface area contributed by atoms with Crippen molar-refractivity contribution in [3.8, 4) is 0 Å². The standard InChI is InChI=1S/C9H16N4O2S/c1-4-13(6-7(2)3)16(14,15)8-5-11-12-9(8)10/h5H,2,4,6H2,1,3H3,(H3,10,11,12). The van der Waals surface area contributed by atoms with E-state index in [1.54, 1.807) is 13.8 Å². The first-order valence-electron chi connectivity index (χ1n) is 4.83. The molecule has 0 saturated carbocycles. The lowest BCUT2D eigenvalue weighted by Crippen LogP contribution is -2.32. The molecule has 3 N–H and O–H groups in total. The highest BCUT2D eigenvalue weighted by molar-refractivity contribution is 7.89. The summed E-state index contributed by atoms with van der Waals surface area (Å²) in [5, 5.41) is 6.01. The SMILES string of the molecule is C=C(C)CN(CC)S(=O)(=O)c1cn[nH]c1N. The molecule has 1 aromatic rings. The summed E-state index contributed by atoms with van der Waals surface area (Å²) >= 11 is 0. The van der Waals surface area contributed by atoms with Crippen LogP contribution in [0.3, 0.4) is 0 Å². The molecule has 0 aliphatic rings. The highest BCUT2D eigenvalue weighted by Crippen LogP contribution is 2.20. The molecule has 90 valence electrons. The molecule has 0 bridgehead atoms. The van der Waals surface area contributed by atoms with Crippen LogP contribution in [0.4, 0.5) is 5.82 Å². The molecule has 1 rings (SSSR count). The van der Waals surface area contributed by atoms with Crippen molar-refractivity contribution in [1.29, 1.82) is 0 Å². The fourth-order valence-electron chi connectivity index (χ4n) is 1.30. The lowest BCUT2D eigenvalue weighted by molar-refractivity contribution is 0.453. The molecule has 0 atom stereocenters. The molecule has 0 saturated heterocycles. The molecule has 0 spiro atoms. The summed E-state index contributed by atoms with van der Waals surface area (Å²) in [6, 6.07) is 0. The Labute approximate surface area is 95.2 Å². The van der Waals surface area contributed by atoms with Gasteiger partial charge in [-0.1, -0.05) is 19.1 Å². The molecule has 0 radical (unpaired) electrons. The van der Waals surface area contributed by atoms with E-state index in [4.69, 9.17) is 5.73 Å². The van der Waals surface area contributed by atoms with Crippen LogP contribution in [0.25, 0.3) is 0 Å². The maximum absolute atomic E-state index is 12.1. The van der Waals surface area contributed by atoms with Crippen LogP contribution in [0.2, 0.25) is 0 Å². The molecule has 0 amide bonds. The van der Waals surface area contributed by atoms with Crippen molar-refractivity contribution in [2.24, 2.45) is 0 Å². The van der Waals surface area contributed by atoms with Gasteiger partial charge in [0.05, 0.1) is 6.20 Å². The Kier molecular flexibility index (Phi) is 3.71. The van der Waals surface area contributed by atoms with Gasteiger partial charge in [0.1, 0.15) is 10.7 Å². The zero-order valence-electron chi connectivity index (χ0n) is 9.40. The summed E-state index contributed by atoms with van der Waals surface area (Å²) in [7, 11) is -3.58. The molecular weight excluding hydrogens is 228 g/mol. The number of sulfonamides is 1. The molecular formula is C9H16N4O2S. The van der Waals surface area contributed by atoms with E-state index in [0.717, 1.165) is 5.57 Å². The van der Waals surface area contributed by atoms with Crippen molar-refractivity contribution < 1.29 is 8.42 Å². The molecule has 0 aromatic carbocycles. The molecule has 6 nitrogen and oxygen atoms in total. The number of nitrogens with zero attached hydrogens (tertiary/aromatic N) is 2. The van der Waals surface area contributed by atoms with E-state index in [2.05, 4.69) is 16.8 Å². The number of hydrogen-bond donors (Lipinski definition) is 2. The van der Waals surface area contributed by atoms with E-state index in [9.17, 15) is 8.42 Å². The first kappa shape index (κ1) is 12.7. The molecule has 0 aliphatic carbocycles. The normalized spacial score (nSPS) is 11.9. The van der Waals surface area contributed by atoms with Crippen LogP contribution >= 0.6 is 0 Å². The van der Waals surface area contributed by atoms with E-state index >= 15 is 0 Å². The third-order valence-electron chi connectivity index (χ3n) is 2.05. The van der Waals surface area contributed by atoms with Gasteiger partial charge in [-0.2, -0.15) is 9.40 Å². The molecule has 1 heterocycles. The number of nitrogens with two attached hydrogens (primary N) is 1. The predicted molar refractivity (Wildman–Crippen MR) is 62.2 cm³/mol. The number of aromatic nitrogens is 2. The van der Waals surface area contributed by atoms with Gasteiger partial charge in [-0.25, -0.2) is 8.42 Å². The first-order valence-corrected chi connectivity index (χ1v) is 6.27. The topological polar surface area (TPSA) is 92.1 Å². The van der Waals surface area contributed by atoms with Crippen molar-refractivity contribution in [2.75, 3.05) is 18.8 Å². The predicted octanol–water partition coefficient (Wildman–Crippen LogP) is 0.579. The summed E-state index contributed by atoms with van der Waals surface area (Å²) < 4.78 is 25.6. The quantitative estimate of drug-likeness (QED) is 0.741. The van der Waals surface area contributed by atoms with Crippen molar-refractivity contribution in [3.05, 3.63) is 18.3 Å². The summed E-state index contributed by atoms with van der Waals surface area (Å²) in [5.41, 5.74) is 6.27. The Morgan fingerprint density at radius 1 is 1.69 bits per heavy atom. The number of H-pyrrole nitrogens is 1. The number of rotatable bonds is 5.